The number of carbonyl (C=O) groups excluding carboxylic acids is 1. The summed E-state index contributed by atoms with van der Waals surface area (Å²) in [4.78, 5) is 15.4. The summed E-state index contributed by atoms with van der Waals surface area (Å²) >= 11 is 0. The fourth-order valence-corrected chi connectivity index (χ4v) is 5.94. The molecule has 37 heavy (non-hydrogen) atoms. The molecule has 6 nitrogen and oxygen atoms in total. The van der Waals surface area contributed by atoms with Gasteiger partial charge in [0.15, 0.2) is 0 Å². The van der Waals surface area contributed by atoms with E-state index in [-0.39, 0.29) is 16.7 Å². The van der Waals surface area contributed by atoms with Crippen molar-refractivity contribution in [2.75, 3.05) is 23.1 Å². The van der Waals surface area contributed by atoms with Gasteiger partial charge in [0.2, 0.25) is 5.91 Å². The second-order valence-corrected chi connectivity index (χ2v) is 11.3. The van der Waals surface area contributed by atoms with Crippen molar-refractivity contribution < 1.29 is 13.2 Å². The zero-order valence-corrected chi connectivity index (χ0v) is 21.7. The summed E-state index contributed by atoms with van der Waals surface area (Å²) in [6.07, 6.45) is 1.61. The number of anilines is 2. The first-order valence-electron chi connectivity index (χ1n) is 12.6. The highest BCUT2D eigenvalue weighted by molar-refractivity contribution is 7.92. The minimum Gasteiger partial charge on any atom is -0.326 e. The molecule has 1 fully saturated rings. The highest BCUT2D eigenvalue weighted by atomic mass is 32.2. The van der Waals surface area contributed by atoms with Gasteiger partial charge in [0.25, 0.3) is 10.0 Å². The van der Waals surface area contributed by atoms with Gasteiger partial charge in [-0.25, -0.2) is 8.42 Å². The summed E-state index contributed by atoms with van der Waals surface area (Å²) in [5.74, 6) is -0.0652. The first-order valence-corrected chi connectivity index (χ1v) is 14.1. The van der Waals surface area contributed by atoms with E-state index in [0.29, 0.717) is 11.4 Å². The molecule has 1 amide bonds. The van der Waals surface area contributed by atoms with E-state index in [1.807, 2.05) is 36.4 Å². The Bertz CT molecular complexity index is 1500. The first-order chi connectivity index (χ1) is 17.9. The van der Waals surface area contributed by atoms with E-state index < -0.39 is 10.0 Å². The third-order valence-corrected chi connectivity index (χ3v) is 8.46. The highest BCUT2D eigenvalue weighted by Crippen LogP contribution is 2.27. The Morgan fingerprint density at radius 3 is 2.30 bits per heavy atom. The van der Waals surface area contributed by atoms with Crippen LogP contribution in [0.15, 0.2) is 95.9 Å². The second kappa shape index (κ2) is 10.7. The van der Waals surface area contributed by atoms with Crippen LogP contribution < -0.4 is 10.0 Å². The Morgan fingerprint density at radius 2 is 1.54 bits per heavy atom. The zero-order valence-electron chi connectivity index (χ0n) is 20.9. The molecule has 1 saturated heterocycles. The summed E-state index contributed by atoms with van der Waals surface area (Å²) in [5.41, 5.74) is 3.75. The molecule has 190 valence electrons. The van der Waals surface area contributed by atoms with Crippen LogP contribution in [0.25, 0.3) is 10.8 Å². The van der Waals surface area contributed by atoms with Crippen molar-refractivity contribution in [2.24, 2.45) is 5.92 Å². The normalized spacial score (nSPS) is 14.9. The van der Waals surface area contributed by atoms with E-state index in [1.54, 1.807) is 18.2 Å². The van der Waals surface area contributed by atoms with Gasteiger partial charge in [-0.2, -0.15) is 0 Å². The number of amides is 1. The number of benzene rings is 4. The van der Waals surface area contributed by atoms with E-state index in [0.717, 1.165) is 43.2 Å². The molecule has 2 N–H and O–H groups in total. The van der Waals surface area contributed by atoms with Gasteiger partial charge in [-0.1, -0.05) is 60.7 Å². The number of nitrogens with one attached hydrogen (secondary N) is 2. The Hall–Kier alpha value is -3.68. The van der Waals surface area contributed by atoms with Crippen molar-refractivity contribution >= 4 is 38.1 Å². The number of hydrogen-bond acceptors (Lipinski definition) is 4. The third-order valence-electron chi connectivity index (χ3n) is 7.08. The number of likely N-dealkylation sites (tertiary alicyclic amines) is 1. The van der Waals surface area contributed by atoms with Gasteiger partial charge in [-0.3, -0.25) is 14.4 Å². The van der Waals surface area contributed by atoms with Gasteiger partial charge in [-0.15, -0.1) is 0 Å². The monoisotopic (exact) mass is 513 g/mol. The summed E-state index contributed by atoms with van der Waals surface area (Å²) in [7, 11) is -3.77. The standard InChI is InChI=1S/C30H31N3O3S/c1-22-7-2-3-9-25(22)21-33-19-17-24(18-20-33)30(34)31-26-13-15-27(16-14-26)37(35,36)32-29-12-6-10-23-8-4-5-11-28(23)29/h2-16,24,32H,17-21H2,1H3,(H,31,34). The molecule has 0 atom stereocenters. The molecule has 4 aromatic carbocycles. The summed E-state index contributed by atoms with van der Waals surface area (Å²) in [5, 5.41) is 4.76. The van der Waals surface area contributed by atoms with Crippen LogP contribution in [0, 0.1) is 12.8 Å². The minimum absolute atomic E-state index is 0.0139. The van der Waals surface area contributed by atoms with Crippen molar-refractivity contribution in [3.05, 3.63) is 102 Å². The molecule has 1 heterocycles. The van der Waals surface area contributed by atoms with Gasteiger partial charge >= 0.3 is 0 Å². The molecular formula is C30H31N3O3S. The van der Waals surface area contributed by atoms with Crippen LogP contribution in [0.2, 0.25) is 0 Å². The van der Waals surface area contributed by atoms with Gasteiger partial charge < -0.3 is 5.32 Å². The van der Waals surface area contributed by atoms with Crippen molar-refractivity contribution in [3.8, 4) is 0 Å². The van der Waals surface area contributed by atoms with Gasteiger partial charge in [-0.05, 0) is 79.7 Å². The van der Waals surface area contributed by atoms with Crippen molar-refractivity contribution in [2.45, 2.75) is 31.2 Å². The maximum Gasteiger partial charge on any atom is 0.261 e. The molecule has 0 radical (unpaired) electrons. The van der Waals surface area contributed by atoms with E-state index in [2.05, 4.69) is 46.1 Å². The van der Waals surface area contributed by atoms with Crippen LogP contribution in [-0.4, -0.2) is 32.3 Å². The number of hydrogen-bond donors (Lipinski definition) is 2. The third kappa shape index (κ3) is 5.84. The van der Waals surface area contributed by atoms with Gasteiger partial charge in [0, 0.05) is 23.5 Å². The SMILES string of the molecule is Cc1ccccc1CN1CCC(C(=O)Nc2ccc(S(=O)(=O)Nc3cccc4ccccc34)cc2)CC1. The largest absolute Gasteiger partial charge is 0.326 e. The Balaban J connectivity index is 1.18. The van der Waals surface area contributed by atoms with Crippen LogP contribution in [0.4, 0.5) is 11.4 Å². The van der Waals surface area contributed by atoms with Crippen LogP contribution >= 0.6 is 0 Å². The van der Waals surface area contributed by atoms with Crippen LogP contribution in [0.3, 0.4) is 0 Å². The Morgan fingerprint density at radius 1 is 0.865 bits per heavy atom. The van der Waals surface area contributed by atoms with Crippen LogP contribution in [-0.2, 0) is 21.4 Å². The lowest BCUT2D eigenvalue weighted by atomic mass is 9.95. The second-order valence-electron chi connectivity index (χ2n) is 9.62. The molecule has 1 aliphatic heterocycles. The van der Waals surface area contributed by atoms with Crippen LogP contribution in [0.1, 0.15) is 24.0 Å². The fraction of sp³-hybridized carbons (Fsp3) is 0.233. The van der Waals surface area contributed by atoms with E-state index in [4.69, 9.17) is 0 Å². The maximum atomic E-state index is 13.0. The molecule has 0 bridgehead atoms. The van der Waals surface area contributed by atoms with E-state index in [9.17, 15) is 13.2 Å². The molecule has 0 spiro atoms. The fourth-order valence-electron chi connectivity index (χ4n) is 4.86. The van der Waals surface area contributed by atoms with Gasteiger partial charge in [0.1, 0.15) is 0 Å². The molecule has 0 aromatic heterocycles. The predicted molar refractivity (Wildman–Crippen MR) is 149 cm³/mol. The number of rotatable bonds is 7. The Labute approximate surface area is 218 Å². The Kier molecular flexibility index (Phi) is 7.26. The molecule has 5 rings (SSSR count). The van der Waals surface area contributed by atoms with E-state index >= 15 is 0 Å². The average molecular weight is 514 g/mol. The van der Waals surface area contributed by atoms with E-state index in [1.165, 1.54) is 23.3 Å². The topological polar surface area (TPSA) is 78.5 Å². The zero-order chi connectivity index (χ0) is 25.8. The van der Waals surface area contributed by atoms with Gasteiger partial charge in [0.05, 0.1) is 10.6 Å². The number of nitrogens with zero attached hydrogens (tertiary/aromatic N) is 1. The highest BCUT2D eigenvalue weighted by Gasteiger charge is 2.25. The smallest absolute Gasteiger partial charge is 0.261 e. The van der Waals surface area contributed by atoms with Crippen molar-refractivity contribution in [1.29, 1.82) is 0 Å². The quantitative estimate of drug-likeness (QED) is 0.327. The molecule has 1 aliphatic rings. The summed E-state index contributed by atoms with van der Waals surface area (Å²) in [6, 6.07) is 27.9. The molecule has 0 unspecified atom stereocenters. The lowest BCUT2D eigenvalue weighted by molar-refractivity contribution is -0.121. The number of carbonyl (C=O) groups is 1. The molecular weight excluding hydrogens is 482 g/mol. The first kappa shape index (κ1) is 25.0. The van der Waals surface area contributed by atoms with Crippen molar-refractivity contribution in [1.82, 2.24) is 4.90 Å². The summed E-state index contributed by atoms with van der Waals surface area (Å²) < 4.78 is 28.7. The van der Waals surface area contributed by atoms with Crippen LogP contribution in [0.5, 0.6) is 0 Å². The molecule has 0 saturated carbocycles. The maximum absolute atomic E-state index is 13.0. The van der Waals surface area contributed by atoms with Crippen molar-refractivity contribution in [3.63, 3.8) is 0 Å². The molecule has 4 aromatic rings. The number of sulfonamides is 1. The lowest BCUT2D eigenvalue weighted by Gasteiger charge is -2.31. The predicted octanol–water partition coefficient (Wildman–Crippen LogP) is 5.80. The summed E-state index contributed by atoms with van der Waals surface area (Å²) in [6.45, 7) is 4.79. The lowest BCUT2D eigenvalue weighted by Crippen LogP contribution is -2.37. The molecule has 7 heteroatoms. The number of fused-ring (bicyclic) bond motifs is 1. The number of piperidine rings is 1. The average Bonchev–Trinajstić information content (AvgIpc) is 2.91. The minimum atomic E-state index is -3.77. The molecule has 0 aliphatic carbocycles. The number of aryl methyl sites for hydroxylation is 1.